The molecule has 1 N–H and O–H groups in total. The molecule has 54 valence electrons. The van der Waals surface area contributed by atoms with Crippen LogP contribution >= 0.6 is 0 Å². The van der Waals surface area contributed by atoms with E-state index in [2.05, 4.69) is 6.92 Å². The predicted octanol–water partition coefficient (Wildman–Crippen LogP) is 1.95. The van der Waals surface area contributed by atoms with Crippen molar-refractivity contribution in [2.75, 3.05) is 0 Å². The van der Waals surface area contributed by atoms with Gasteiger partial charge in [-0.05, 0) is 38.0 Å². The summed E-state index contributed by atoms with van der Waals surface area (Å²) in [6, 6.07) is 0. The van der Waals surface area contributed by atoms with Gasteiger partial charge in [0.1, 0.15) is 0 Å². The van der Waals surface area contributed by atoms with Gasteiger partial charge in [0.2, 0.25) is 0 Å². The summed E-state index contributed by atoms with van der Waals surface area (Å²) in [6.45, 7) is 4.17. The fourth-order valence-corrected chi connectivity index (χ4v) is 1.02. The van der Waals surface area contributed by atoms with Crippen molar-refractivity contribution in [3.63, 3.8) is 0 Å². The van der Waals surface area contributed by atoms with Crippen molar-refractivity contribution in [1.82, 2.24) is 0 Å². The Kier molecular flexibility index (Phi) is 1.80. The van der Waals surface area contributed by atoms with E-state index in [0.29, 0.717) is 5.41 Å². The van der Waals surface area contributed by atoms with Gasteiger partial charge in [-0.25, -0.2) is 0 Å². The summed E-state index contributed by atoms with van der Waals surface area (Å²) in [5.74, 6) is 0. The van der Waals surface area contributed by atoms with Crippen molar-refractivity contribution >= 4 is 0 Å². The molecule has 1 aliphatic carbocycles. The van der Waals surface area contributed by atoms with E-state index < -0.39 is 0 Å². The maximum absolute atomic E-state index is 8.94. The van der Waals surface area contributed by atoms with Gasteiger partial charge < -0.3 is 5.11 Å². The molecule has 1 atom stereocenters. The summed E-state index contributed by atoms with van der Waals surface area (Å²) < 4.78 is 0. The van der Waals surface area contributed by atoms with Gasteiger partial charge in [0.15, 0.2) is 0 Å². The SMILES string of the molecule is C[C@@H](O)CCC1(C)CC1. The maximum Gasteiger partial charge on any atom is 0.0512 e. The third-order valence-corrected chi connectivity index (χ3v) is 2.27. The molecule has 1 nitrogen and oxygen atoms in total. The van der Waals surface area contributed by atoms with Crippen LogP contribution in [-0.2, 0) is 0 Å². The number of hydrogen-bond donors (Lipinski definition) is 1. The van der Waals surface area contributed by atoms with Crippen LogP contribution in [0, 0.1) is 5.41 Å². The first-order valence-electron chi connectivity index (χ1n) is 3.80. The maximum atomic E-state index is 8.94. The predicted molar refractivity (Wildman–Crippen MR) is 38.3 cm³/mol. The fourth-order valence-electron chi connectivity index (χ4n) is 1.02. The van der Waals surface area contributed by atoms with E-state index >= 15 is 0 Å². The van der Waals surface area contributed by atoms with Crippen LogP contribution in [0.2, 0.25) is 0 Å². The Balaban J connectivity index is 2.05. The molecule has 0 radical (unpaired) electrons. The molecule has 1 fully saturated rings. The summed E-state index contributed by atoms with van der Waals surface area (Å²) >= 11 is 0. The molecule has 0 aromatic heterocycles. The van der Waals surface area contributed by atoms with Crippen LogP contribution in [0.15, 0.2) is 0 Å². The molecule has 0 aromatic carbocycles. The van der Waals surface area contributed by atoms with Gasteiger partial charge in [-0.1, -0.05) is 6.92 Å². The highest BCUT2D eigenvalue weighted by Gasteiger charge is 2.36. The van der Waals surface area contributed by atoms with Crippen molar-refractivity contribution in [2.45, 2.75) is 45.6 Å². The van der Waals surface area contributed by atoms with Gasteiger partial charge in [0, 0.05) is 0 Å². The van der Waals surface area contributed by atoms with Crippen LogP contribution in [0.4, 0.5) is 0 Å². The van der Waals surface area contributed by atoms with Crippen molar-refractivity contribution in [2.24, 2.45) is 5.41 Å². The summed E-state index contributed by atoms with van der Waals surface area (Å²) in [5.41, 5.74) is 0.622. The number of rotatable bonds is 3. The molecule has 1 rings (SSSR count). The Labute approximate surface area is 57.1 Å². The van der Waals surface area contributed by atoms with Gasteiger partial charge >= 0.3 is 0 Å². The van der Waals surface area contributed by atoms with E-state index in [-0.39, 0.29) is 6.10 Å². The topological polar surface area (TPSA) is 20.2 Å². The standard InChI is InChI=1S/C8H16O/c1-7(9)3-4-8(2)5-6-8/h7,9H,3-6H2,1-2H3/t7-/m1/s1. The molecule has 1 saturated carbocycles. The second-order valence-electron chi connectivity index (χ2n) is 3.70. The summed E-state index contributed by atoms with van der Waals surface area (Å²) in [5, 5.41) is 8.94. The average molecular weight is 128 g/mol. The molecule has 0 saturated heterocycles. The Morgan fingerprint density at radius 3 is 2.44 bits per heavy atom. The molecule has 9 heavy (non-hydrogen) atoms. The minimum atomic E-state index is -0.0950. The van der Waals surface area contributed by atoms with Gasteiger partial charge in [-0.2, -0.15) is 0 Å². The van der Waals surface area contributed by atoms with Crippen molar-refractivity contribution < 1.29 is 5.11 Å². The Bertz CT molecular complexity index is 92.7. The number of hydrogen-bond acceptors (Lipinski definition) is 1. The van der Waals surface area contributed by atoms with Crippen molar-refractivity contribution in [1.29, 1.82) is 0 Å². The molecule has 0 aromatic rings. The smallest absolute Gasteiger partial charge is 0.0512 e. The van der Waals surface area contributed by atoms with Gasteiger partial charge in [-0.3, -0.25) is 0 Å². The average Bonchev–Trinajstić information content (AvgIpc) is 2.45. The minimum Gasteiger partial charge on any atom is -0.393 e. The van der Waals surface area contributed by atoms with Crippen LogP contribution < -0.4 is 0 Å². The molecule has 0 bridgehead atoms. The highest BCUT2D eigenvalue weighted by molar-refractivity contribution is 4.88. The van der Waals surface area contributed by atoms with E-state index in [1.165, 1.54) is 19.3 Å². The summed E-state index contributed by atoms with van der Waals surface area (Å²) in [6.07, 6.45) is 4.85. The van der Waals surface area contributed by atoms with Crippen LogP contribution in [-0.4, -0.2) is 11.2 Å². The van der Waals surface area contributed by atoms with Crippen LogP contribution in [0.5, 0.6) is 0 Å². The van der Waals surface area contributed by atoms with Crippen molar-refractivity contribution in [3.05, 3.63) is 0 Å². The Morgan fingerprint density at radius 1 is 1.56 bits per heavy atom. The largest absolute Gasteiger partial charge is 0.393 e. The molecule has 0 aliphatic heterocycles. The normalized spacial score (nSPS) is 25.7. The van der Waals surface area contributed by atoms with Crippen LogP contribution in [0.25, 0.3) is 0 Å². The van der Waals surface area contributed by atoms with E-state index in [1.54, 1.807) is 0 Å². The lowest BCUT2D eigenvalue weighted by Crippen LogP contribution is -2.03. The van der Waals surface area contributed by atoms with E-state index in [0.717, 1.165) is 6.42 Å². The first kappa shape index (κ1) is 7.07. The molecular formula is C8H16O. The first-order chi connectivity index (χ1) is 4.12. The molecule has 0 amide bonds. The summed E-state index contributed by atoms with van der Waals surface area (Å²) in [4.78, 5) is 0. The van der Waals surface area contributed by atoms with E-state index in [1.807, 2.05) is 6.92 Å². The van der Waals surface area contributed by atoms with Crippen LogP contribution in [0.1, 0.15) is 39.5 Å². The van der Waals surface area contributed by atoms with Gasteiger partial charge in [-0.15, -0.1) is 0 Å². The molecule has 1 heteroatoms. The molecule has 0 spiro atoms. The zero-order valence-corrected chi connectivity index (χ0v) is 6.35. The lowest BCUT2D eigenvalue weighted by Gasteiger charge is -2.08. The zero-order chi connectivity index (χ0) is 6.91. The second kappa shape index (κ2) is 2.30. The highest BCUT2D eigenvalue weighted by atomic mass is 16.3. The second-order valence-corrected chi connectivity index (χ2v) is 3.70. The summed E-state index contributed by atoms with van der Waals surface area (Å²) in [7, 11) is 0. The molecule has 0 heterocycles. The third kappa shape index (κ3) is 2.35. The lowest BCUT2D eigenvalue weighted by molar-refractivity contribution is 0.172. The zero-order valence-electron chi connectivity index (χ0n) is 6.35. The Morgan fingerprint density at radius 2 is 2.11 bits per heavy atom. The third-order valence-electron chi connectivity index (χ3n) is 2.27. The quantitative estimate of drug-likeness (QED) is 0.616. The monoisotopic (exact) mass is 128 g/mol. The molecule has 1 aliphatic rings. The number of aliphatic hydroxyl groups excluding tert-OH is 1. The van der Waals surface area contributed by atoms with Gasteiger partial charge in [0.05, 0.1) is 6.10 Å². The van der Waals surface area contributed by atoms with E-state index in [4.69, 9.17) is 5.11 Å². The molecular weight excluding hydrogens is 112 g/mol. The number of aliphatic hydroxyl groups is 1. The first-order valence-corrected chi connectivity index (χ1v) is 3.80. The van der Waals surface area contributed by atoms with E-state index in [9.17, 15) is 0 Å². The lowest BCUT2D eigenvalue weighted by atomic mass is 10.0. The Hall–Kier alpha value is -0.0400. The van der Waals surface area contributed by atoms with Gasteiger partial charge in [0.25, 0.3) is 0 Å². The molecule has 0 unspecified atom stereocenters. The van der Waals surface area contributed by atoms with Crippen molar-refractivity contribution in [3.8, 4) is 0 Å². The minimum absolute atomic E-state index is 0.0950. The fraction of sp³-hybridized carbons (Fsp3) is 1.00. The van der Waals surface area contributed by atoms with Crippen LogP contribution in [0.3, 0.4) is 0 Å². The highest BCUT2D eigenvalue weighted by Crippen LogP contribution is 2.48.